The highest BCUT2D eigenvalue weighted by molar-refractivity contribution is 6.24. The van der Waals surface area contributed by atoms with Gasteiger partial charge in [0.15, 0.2) is 0 Å². The van der Waals surface area contributed by atoms with Crippen molar-refractivity contribution in [3.05, 3.63) is 41.5 Å². The molecule has 5 nitrogen and oxygen atoms in total. The van der Waals surface area contributed by atoms with Gasteiger partial charge in [0, 0.05) is 17.9 Å². The summed E-state index contributed by atoms with van der Waals surface area (Å²) in [6.07, 6.45) is 10.3. The van der Waals surface area contributed by atoms with Crippen molar-refractivity contribution in [1.82, 2.24) is 0 Å². The molecule has 3 aliphatic carbocycles. The maximum absolute atomic E-state index is 13.4. The van der Waals surface area contributed by atoms with Gasteiger partial charge in [-0.25, -0.2) is 4.90 Å². The Bertz CT molecular complexity index is 873. The van der Waals surface area contributed by atoms with Crippen LogP contribution in [0.4, 0.5) is 5.69 Å². The van der Waals surface area contributed by atoms with Crippen molar-refractivity contribution in [2.45, 2.75) is 32.1 Å². The molecule has 4 aliphatic rings. The van der Waals surface area contributed by atoms with Crippen molar-refractivity contribution < 1.29 is 19.1 Å². The van der Waals surface area contributed by atoms with Crippen molar-refractivity contribution in [2.24, 2.45) is 23.7 Å². The number of fused-ring (bicyclic) bond motifs is 5. The van der Waals surface area contributed by atoms with E-state index < -0.39 is 0 Å². The summed E-state index contributed by atoms with van der Waals surface area (Å²) in [7, 11) is 3.12. The fraction of sp³-hybridized carbons (Fsp3) is 0.478. The van der Waals surface area contributed by atoms with E-state index in [4.69, 9.17) is 9.47 Å². The van der Waals surface area contributed by atoms with Crippen LogP contribution < -0.4 is 14.4 Å². The van der Waals surface area contributed by atoms with E-state index in [1.165, 1.54) is 35.3 Å². The van der Waals surface area contributed by atoms with Gasteiger partial charge in [0.1, 0.15) is 11.5 Å². The van der Waals surface area contributed by atoms with Crippen LogP contribution in [0.25, 0.3) is 0 Å². The molecule has 1 saturated heterocycles. The second-order valence-electron chi connectivity index (χ2n) is 8.16. The Balaban J connectivity index is 1.52. The zero-order chi connectivity index (χ0) is 19.4. The topological polar surface area (TPSA) is 55.8 Å². The second-order valence-corrected chi connectivity index (χ2v) is 8.16. The molecular weight excluding hydrogens is 354 g/mol. The van der Waals surface area contributed by atoms with E-state index in [2.05, 4.69) is 12.2 Å². The first-order chi connectivity index (χ1) is 13.7. The average molecular weight is 379 g/mol. The Morgan fingerprint density at radius 1 is 0.893 bits per heavy atom. The lowest BCUT2D eigenvalue weighted by molar-refractivity contribution is -0.123. The molecule has 146 valence electrons. The van der Waals surface area contributed by atoms with E-state index in [-0.39, 0.29) is 35.5 Å². The molecule has 2 bridgehead atoms. The molecule has 0 unspecified atom stereocenters. The Labute approximate surface area is 165 Å². The Hall–Kier alpha value is -2.56. The van der Waals surface area contributed by atoms with Gasteiger partial charge in [-0.1, -0.05) is 29.7 Å². The summed E-state index contributed by atoms with van der Waals surface area (Å²) < 4.78 is 10.7. The maximum atomic E-state index is 13.4. The molecule has 4 atom stereocenters. The van der Waals surface area contributed by atoms with E-state index in [1.54, 1.807) is 32.4 Å². The standard InChI is InChI=1S/C23H25NO4/c1-27-14-8-11-17(18(12-14)28-2)24-22(25)20-15-9-10-16(21(20)23(24)26)19(15)13-6-4-3-5-7-13/h8-12,15-16,20-21H,3-7H2,1-2H3/t15-,16-,20+,21+/m1/s1. The van der Waals surface area contributed by atoms with Gasteiger partial charge >= 0.3 is 0 Å². The number of carbonyl (C=O) groups is 2. The van der Waals surface area contributed by atoms with Crippen LogP contribution in [0.1, 0.15) is 32.1 Å². The number of anilines is 1. The van der Waals surface area contributed by atoms with Gasteiger partial charge in [0.25, 0.3) is 0 Å². The van der Waals surface area contributed by atoms with Crippen molar-refractivity contribution in [1.29, 1.82) is 0 Å². The highest BCUT2D eigenvalue weighted by Crippen LogP contribution is 2.58. The molecule has 1 aliphatic heterocycles. The van der Waals surface area contributed by atoms with E-state index in [9.17, 15) is 9.59 Å². The second kappa shape index (κ2) is 6.50. The molecule has 0 spiro atoms. The SMILES string of the molecule is COc1ccc(N2C(=O)[C@@H]3[C@@H](C2=O)[C@@H]2C=C[C@@H]3C2=C2CCCCC2)c(OC)c1. The molecule has 1 aromatic carbocycles. The molecule has 5 rings (SSSR count). The predicted octanol–water partition coefficient (Wildman–Crippen LogP) is 3.89. The minimum Gasteiger partial charge on any atom is -0.497 e. The van der Waals surface area contributed by atoms with Gasteiger partial charge in [-0.05, 0) is 37.8 Å². The highest BCUT2D eigenvalue weighted by Gasteiger charge is 2.62. The Morgan fingerprint density at radius 2 is 1.54 bits per heavy atom. The quantitative estimate of drug-likeness (QED) is 0.591. The number of nitrogens with zero attached hydrogens (tertiary/aromatic N) is 1. The fourth-order valence-electron chi connectivity index (χ4n) is 5.71. The first-order valence-electron chi connectivity index (χ1n) is 10.2. The molecule has 5 heteroatoms. The fourth-order valence-corrected chi connectivity index (χ4v) is 5.71. The lowest BCUT2D eigenvalue weighted by Crippen LogP contribution is -2.33. The van der Waals surface area contributed by atoms with E-state index in [0.717, 1.165) is 12.8 Å². The van der Waals surface area contributed by atoms with E-state index in [0.29, 0.717) is 17.2 Å². The molecule has 0 radical (unpaired) electrons. The largest absolute Gasteiger partial charge is 0.497 e. The third kappa shape index (κ3) is 2.31. The zero-order valence-corrected chi connectivity index (χ0v) is 16.3. The molecule has 1 heterocycles. The first-order valence-corrected chi connectivity index (χ1v) is 10.2. The summed E-state index contributed by atoms with van der Waals surface area (Å²) in [6.45, 7) is 0. The minimum absolute atomic E-state index is 0.0915. The smallest absolute Gasteiger partial charge is 0.238 e. The van der Waals surface area contributed by atoms with Crippen molar-refractivity contribution in [3.63, 3.8) is 0 Å². The minimum atomic E-state index is -0.265. The summed E-state index contributed by atoms with van der Waals surface area (Å²) in [6, 6.07) is 5.21. The third-order valence-corrected chi connectivity index (χ3v) is 6.91. The number of amides is 2. The molecule has 0 aromatic heterocycles. The zero-order valence-electron chi connectivity index (χ0n) is 16.3. The van der Waals surface area contributed by atoms with Crippen LogP contribution in [-0.4, -0.2) is 26.0 Å². The number of carbonyl (C=O) groups excluding carboxylic acids is 2. The van der Waals surface area contributed by atoms with Gasteiger partial charge in [-0.2, -0.15) is 0 Å². The van der Waals surface area contributed by atoms with Crippen LogP contribution in [0, 0.1) is 23.7 Å². The summed E-state index contributed by atoms with van der Waals surface area (Å²) in [5.74, 6) is 0.576. The number of imide groups is 1. The first kappa shape index (κ1) is 17.5. The summed E-state index contributed by atoms with van der Waals surface area (Å²) in [4.78, 5) is 28.2. The molecule has 3 fully saturated rings. The molecule has 28 heavy (non-hydrogen) atoms. The van der Waals surface area contributed by atoms with Gasteiger partial charge in [-0.15, -0.1) is 0 Å². The summed E-state index contributed by atoms with van der Waals surface area (Å²) in [5, 5.41) is 0. The summed E-state index contributed by atoms with van der Waals surface area (Å²) >= 11 is 0. The molecule has 2 amide bonds. The lowest BCUT2D eigenvalue weighted by Gasteiger charge is -2.24. The number of rotatable bonds is 3. The Kier molecular flexibility index (Phi) is 4.07. The number of ether oxygens (including phenoxy) is 2. The molecular formula is C23H25NO4. The number of allylic oxidation sites excluding steroid dienone is 4. The van der Waals surface area contributed by atoms with Crippen LogP contribution >= 0.6 is 0 Å². The van der Waals surface area contributed by atoms with Crippen LogP contribution in [0.5, 0.6) is 11.5 Å². The number of hydrogen-bond donors (Lipinski definition) is 0. The molecule has 2 saturated carbocycles. The van der Waals surface area contributed by atoms with Crippen molar-refractivity contribution >= 4 is 17.5 Å². The van der Waals surface area contributed by atoms with Crippen LogP contribution in [-0.2, 0) is 9.59 Å². The number of benzene rings is 1. The van der Waals surface area contributed by atoms with Crippen molar-refractivity contribution in [3.8, 4) is 11.5 Å². The highest BCUT2D eigenvalue weighted by atomic mass is 16.5. The van der Waals surface area contributed by atoms with Gasteiger partial charge in [-0.3, -0.25) is 9.59 Å². The number of hydrogen-bond acceptors (Lipinski definition) is 4. The lowest BCUT2D eigenvalue weighted by atomic mass is 9.85. The average Bonchev–Trinajstić information content (AvgIpc) is 3.38. The van der Waals surface area contributed by atoms with Crippen LogP contribution in [0.15, 0.2) is 41.5 Å². The van der Waals surface area contributed by atoms with Gasteiger partial charge < -0.3 is 9.47 Å². The van der Waals surface area contributed by atoms with Crippen LogP contribution in [0.2, 0.25) is 0 Å². The molecule has 0 N–H and O–H groups in total. The monoisotopic (exact) mass is 379 g/mol. The van der Waals surface area contributed by atoms with E-state index >= 15 is 0 Å². The molecule has 1 aromatic rings. The van der Waals surface area contributed by atoms with Gasteiger partial charge in [0.2, 0.25) is 11.8 Å². The van der Waals surface area contributed by atoms with Crippen molar-refractivity contribution in [2.75, 3.05) is 19.1 Å². The van der Waals surface area contributed by atoms with Gasteiger partial charge in [0.05, 0.1) is 31.7 Å². The Morgan fingerprint density at radius 3 is 2.11 bits per heavy atom. The third-order valence-electron chi connectivity index (χ3n) is 6.91. The summed E-state index contributed by atoms with van der Waals surface area (Å²) in [5.41, 5.74) is 3.41. The number of methoxy groups -OCH3 is 2. The predicted molar refractivity (Wildman–Crippen MR) is 105 cm³/mol. The normalized spacial score (nSPS) is 31.0. The maximum Gasteiger partial charge on any atom is 0.238 e. The van der Waals surface area contributed by atoms with Crippen LogP contribution in [0.3, 0.4) is 0 Å². The van der Waals surface area contributed by atoms with E-state index in [1.807, 2.05) is 0 Å².